The average molecular weight is 303 g/mol. The molecule has 0 fully saturated rings. The number of nitrogens with zero attached hydrogens (tertiary/aromatic N) is 1. The van der Waals surface area contributed by atoms with Gasteiger partial charge in [0.2, 0.25) is 10.0 Å². The van der Waals surface area contributed by atoms with E-state index in [9.17, 15) is 8.42 Å². The Labute approximate surface area is 119 Å². The lowest BCUT2D eigenvalue weighted by Gasteiger charge is -2.22. The molecule has 0 saturated heterocycles. The molecule has 0 aromatic heterocycles. The summed E-state index contributed by atoms with van der Waals surface area (Å²) in [5.74, 6) is 0.277. The maximum atomic E-state index is 12.6. The van der Waals surface area contributed by atoms with Gasteiger partial charge in [-0.2, -0.15) is 4.31 Å². The minimum absolute atomic E-state index is 0.0567. The lowest BCUT2D eigenvalue weighted by Crippen LogP contribution is -2.36. The summed E-state index contributed by atoms with van der Waals surface area (Å²) in [6.07, 6.45) is 0. The quantitative estimate of drug-likeness (QED) is 0.724. The van der Waals surface area contributed by atoms with Crippen LogP contribution in [0, 0.1) is 6.92 Å². The number of hydrogen-bond acceptors (Lipinski definition) is 5. The number of hydrogen-bond donors (Lipinski definition) is 2. The third-order valence-electron chi connectivity index (χ3n) is 2.72. The predicted octanol–water partition coefficient (Wildman–Crippen LogP) is 0.369. The fraction of sp³-hybridized carbons (Fsp3) is 0.538. The topological polar surface area (TPSA) is 87.1 Å². The van der Waals surface area contributed by atoms with E-state index in [0.29, 0.717) is 6.61 Å². The van der Waals surface area contributed by atoms with Crippen LogP contribution in [0.3, 0.4) is 0 Å². The van der Waals surface area contributed by atoms with Crippen molar-refractivity contribution in [3.8, 4) is 5.75 Å². The van der Waals surface area contributed by atoms with Crippen LogP contribution in [-0.4, -0.2) is 55.8 Å². The first-order valence-electron chi connectivity index (χ1n) is 6.42. The third kappa shape index (κ3) is 3.92. The highest BCUT2D eigenvalue weighted by atomic mass is 32.2. The van der Waals surface area contributed by atoms with Crippen LogP contribution < -0.4 is 4.74 Å². The molecule has 1 rings (SSSR count). The Bertz CT molecular complexity index is 524. The van der Waals surface area contributed by atoms with Crippen LogP contribution in [0.2, 0.25) is 0 Å². The summed E-state index contributed by atoms with van der Waals surface area (Å²) in [4.78, 5) is 0.0567. The summed E-state index contributed by atoms with van der Waals surface area (Å²) in [6, 6.07) is 4.91. The Balaban J connectivity index is 3.27. The largest absolute Gasteiger partial charge is 0.492 e. The number of aryl methyl sites for hydroxylation is 1. The molecule has 6 nitrogen and oxygen atoms in total. The van der Waals surface area contributed by atoms with E-state index in [4.69, 9.17) is 14.9 Å². The Morgan fingerprint density at radius 1 is 1.20 bits per heavy atom. The van der Waals surface area contributed by atoms with Crippen LogP contribution in [0.4, 0.5) is 0 Å². The van der Waals surface area contributed by atoms with Crippen molar-refractivity contribution in [3.05, 3.63) is 23.8 Å². The molecule has 0 amide bonds. The lowest BCUT2D eigenvalue weighted by molar-refractivity contribution is 0.217. The molecule has 2 N–H and O–H groups in total. The number of aliphatic hydroxyl groups excluding tert-OH is 2. The van der Waals surface area contributed by atoms with E-state index >= 15 is 0 Å². The summed E-state index contributed by atoms with van der Waals surface area (Å²) >= 11 is 0. The van der Waals surface area contributed by atoms with Gasteiger partial charge in [0.15, 0.2) is 0 Å². The molecule has 0 unspecified atom stereocenters. The lowest BCUT2D eigenvalue weighted by atomic mass is 10.2. The zero-order valence-electron chi connectivity index (χ0n) is 11.7. The van der Waals surface area contributed by atoms with Crippen molar-refractivity contribution in [2.24, 2.45) is 0 Å². The second kappa shape index (κ2) is 7.58. The van der Waals surface area contributed by atoms with Crippen LogP contribution in [-0.2, 0) is 10.0 Å². The fourth-order valence-corrected chi connectivity index (χ4v) is 3.44. The average Bonchev–Trinajstić information content (AvgIpc) is 2.40. The van der Waals surface area contributed by atoms with Crippen LogP contribution in [0.25, 0.3) is 0 Å². The van der Waals surface area contributed by atoms with E-state index in [1.165, 1.54) is 6.07 Å². The number of aliphatic hydroxyl groups is 2. The van der Waals surface area contributed by atoms with Crippen molar-refractivity contribution in [1.82, 2.24) is 4.31 Å². The minimum Gasteiger partial charge on any atom is -0.492 e. The molecule has 7 heteroatoms. The monoisotopic (exact) mass is 303 g/mol. The van der Waals surface area contributed by atoms with E-state index < -0.39 is 10.0 Å². The molecule has 1 aromatic rings. The third-order valence-corrected chi connectivity index (χ3v) is 4.64. The van der Waals surface area contributed by atoms with Gasteiger partial charge >= 0.3 is 0 Å². The predicted molar refractivity (Wildman–Crippen MR) is 75.3 cm³/mol. The molecular formula is C13H21NO5S. The van der Waals surface area contributed by atoms with E-state index in [-0.39, 0.29) is 36.9 Å². The van der Waals surface area contributed by atoms with Gasteiger partial charge in [0.25, 0.3) is 0 Å². The SMILES string of the molecule is CCOc1ccc(C)cc1S(=O)(=O)N(CCO)CCO. The van der Waals surface area contributed by atoms with E-state index in [0.717, 1.165) is 9.87 Å². The molecule has 0 heterocycles. The molecule has 0 radical (unpaired) electrons. The summed E-state index contributed by atoms with van der Waals surface area (Å²) in [6.45, 7) is 3.16. The summed E-state index contributed by atoms with van der Waals surface area (Å²) in [5.41, 5.74) is 0.792. The molecule has 1 aromatic carbocycles. The number of ether oxygens (including phenoxy) is 1. The maximum Gasteiger partial charge on any atom is 0.246 e. The Kier molecular flexibility index (Phi) is 6.41. The molecule has 0 spiro atoms. The molecule has 0 bridgehead atoms. The molecule has 0 aliphatic carbocycles. The number of benzene rings is 1. The highest BCUT2D eigenvalue weighted by Crippen LogP contribution is 2.27. The number of sulfonamides is 1. The second-order valence-electron chi connectivity index (χ2n) is 4.23. The van der Waals surface area contributed by atoms with Gasteiger partial charge in [-0.15, -0.1) is 0 Å². The highest BCUT2D eigenvalue weighted by Gasteiger charge is 2.27. The summed E-state index contributed by atoms with van der Waals surface area (Å²) in [7, 11) is -3.81. The Morgan fingerprint density at radius 3 is 2.30 bits per heavy atom. The minimum atomic E-state index is -3.81. The number of rotatable bonds is 8. The van der Waals surface area contributed by atoms with E-state index in [1.807, 2.05) is 0 Å². The van der Waals surface area contributed by atoms with Gasteiger partial charge in [-0.25, -0.2) is 8.42 Å². The van der Waals surface area contributed by atoms with Crippen molar-refractivity contribution in [2.45, 2.75) is 18.7 Å². The fourth-order valence-electron chi connectivity index (χ4n) is 1.81. The smallest absolute Gasteiger partial charge is 0.246 e. The first kappa shape index (κ1) is 16.9. The molecule has 0 aliphatic heterocycles. The molecule has 114 valence electrons. The molecule has 0 aliphatic rings. The zero-order chi connectivity index (χ0) is 15.2. The van der Waals surface area contributed by atoms with Gasteiger partial charge in [0.05, 0.1) is 19.8 Å². The first-order chi connectivity index (χ1) is 9.47. The summed E-state index contributed by atoms with van der Waals surface area (Å²) < 4.78 is 31.6. The zero-order valence-corrected chi connectivity index (χ0v) is 12.6. The molecule has 0 saturated carbocycles. The van der Waals surface area contributed by atoms with Crippen molar-refractivity contribution in [2.75, 3.05) is 32.9 Å². The molecular weight excluding hydrogens is 282 g/mol. The Morgan fingerprint density at radius 2 is 1.80 bits per heavy atom. The van der Waals surface area contributed by atoms with Crippen molar-refractivity contribution in [1.29, 1.82) is 0 Å². The van der Waals surface area contributed by atoms with Gasteiger partial charge in [-0.1, -0.05) is 6.07 Å². The highest BCUT2D eigenvalue weighted by molar-refractivity contribution is 7.89. The molecule has 20 heavy (non-hydrogen) atoms. The van der Waals surface area contributed by atoms with Crippen molar-refractivity contribution >= 4 is 10.0 Å². The van der Waals surface area contributed by atoms with Gasteiger partial charge in [0.1, 0.15) is 10.6 Å². The van der Waals surface area contributed by atoms with E-state index in [2.05, 4.69) is 0 Å². The van der Waals surface area contributed by atoms with E-state index in [1.54, 1.807) is 26.0 Å². The normalized spacial score (nSPS) is 11.8. The van der Waals surface area contributed by atoms with Crippen LogP contribution in [0.1, 0.15) is 12.5 Å². The molecule has 0 atom stereocenters. The summed E-state index contributed by atoms with van der Waals surface area (Å²) in [5, 5.41) is 18.0. The van der Waals surface area contributed by atoms with Crippen LogP contribution >= 0.6 is 0 Å². The van der Waals surface area contributed by atoms with Gasteiger partial charge < -0.3 is 14.9 Å². The van der Waals surface area contributed by atoms with Gasteiger partial charge in [-0.05, 0) is 31.5 Å². The van der Waals surface area contributed by atoms with Crippen LogP contribution in [0.15, 0.2) is 23.1 Å². The van der Waals surface area contributed by atoms with Crippen molar-refractivity contribution in [3.63, 3.8) is 0 Å². The first-order valence-corrected chi connectivity index (χ1v) is 7.86. The maximum absolute atomic E-state index is 12.6. The van der Waals surface area contributed by atoms with Crippen molar-refractivity contribution < 1.29 is 23.4 Å². The Hall–Kier alpha value is -1.15. The second-order valence-corrected chi connectivity index (χ2v) is 6.14. The van der Waals surface area contributed by atoms with Gasteiger partial charge in [-0.3, -0.25) is 0 Å². The standard InChI is InChI=1S/C13H21NO5S/c1-3-19-12-5-4-11(2)10-13(12)20(17,18)14(6-8-15)7-9-16/h4-5,10,15-16H,3,6-9H2,1-2H3. The van der Waals surface area contributed by atoms with Crippen LogP contribution in [0.5, 0.6) is 5.75 Å². The van der Waals surface area contributed by atoms with Gasteiger partial charge in [0, 0.05) is 13.1 Å².